The molecular formula is C48H62N9O4. The fourth-order valence-electron chi connectivity index (χ4n) is 9.74. The molecule has 0 bridgehead atoms. The predicted octanol–water partition coefficient (Wildman–Crippen LogP) is 8.33. The highest BCUT2D eigenvalue weighted by atomic mass is 16.5. The van der Waals surface area contributed by atoms with E-state index in [4.69, 9.17) is 20.4 Å². The van der Waals surface area contributed by atoms with Crippen LogP contribution in [0.1, 0.15) is 133 Å². The molecule has 61 heavy (non-hydrogen) atoms. The summed E-state index contributed by atoms with van der Waals surface area (Å²) in [6.45, 7) is 14.2. The summed E-state index contributed by atoms with van der Waals surface area (Å²) in [5, 5.41) is 2.75. The smallest absolute Gasteiger partial charge is 0.407 e. The molecule has 3 aromatic carbocycles. The number of hydrogen-bond donors (Lipinski definition) is 4. The highest BCUT2D eigenvalue weighted by Gasteiger charge is 2.39. The number of likely N-dealkylation sites (tertiary alicyclic amines) is 2. The van der Waals surface area contributed by atoms with Gasteiger partial charge in [0.15, 0.2) is 0 Å². The molecule has 5 N–H and O–H groups in total. The van der Waals surface area contributed by atoms with Crippen molar-refractivity contribution in [2.75, 3.05) is 31.6 Å². The highest BCUT2D eigenvalue weighted by molar-refractivity contribution is 5.87. The summed E-state index contributed by atoms with van der Waals surface area (Å²) in [4.78, 5) is 62.8. The van der Waals surface area contributed by atoms with Crippen LogP contribution in [-0.2, 0) is 19.7 Å². The molecule has 1 radical (unpaired) electrons. The molecule has 5 atom stereocenters. The van der Waals surface area contributed by atoms with E-state index in [2.05, 4.69) is 94.7 Å². The largest absolute Gasteiger partial charge is 0.453 e. The van der Waals surface area contributed by atoms with Crippen molar-refractivity contribution >= 4 is 45.7 Å². The highest BCUT2D eigenvalue weighted by Crippen LogP contribution is 2.48. The lowest BCUT2D eigenvalue weighted by Gasteiger charge is -2.34. The molecule has 323 valence electrons. The van der Waals surface area contributed by atoms with E-state index in [1.54, 1.807) is 6.42 Å². The second-order valence-corrected chi connectivity index (χ2v) is 18.6. The zero-order valence-corrected chi connectivity index (χ0v) is 36.7. The normalized spacial score (nSPS) is 21.4. The first-order valence-electron chi connectivity index (χ1n) is 22.1. The summed E-state index contributed by atoms with van der Waals surface area (Å²) in [5.74, 6) is 1.64. The first-order chi connectivity index (χ1) is 29.3. The standard InChI is InChI=1S/C48H62N9O4/c1-28(2)24-42(58)55-22-8-10-40(55)44-50-34-18-12-30(25-36(34)52-44)38-20-21-39(57(38)33-16-14-32(15-17-33)48(5,6)27-49)31-13-19-35-37(26-31)53-45(51-35)41-11-9-23-56(41)46(59)43(29(3)4)54-47(60)61-7/h12-19,24-26,28-29,38-41,43H,8-11,20-23,27,49H2,1-7H3,(H,50,52)(H,51,53)(H,54,60)/t38-,39-,40+,41+,43+/m1/s1. The van der Waals surface area contributed by atoms with Crippen LogP contribution in [0.15, 0.2) is 60.7 Å². The number of nitrogens with two attached hydrogens (primary N) is 1. The number of carbonyl (C=O) groups is 3. The average molecular weight is 829 g/mol. The van der Waals surface area contributed by atoms with Crippen LogP contribution >= 0.6 is 0 Å². The van der Waals surface area contributed by atoms with E-state index < -0.39 is 12.1 Å². The fraction of sp³-hybridized carbons (Fsp3) is 0.500. The SMILES string of the molecule is COC(=O)N[C@H](C(=O)N1CCC[C@H]1c1nc2cc([C@H]3CC[C@H](c4ccc5nc([C@@H]6CCCN6C(=O)[CH]C(C)C)[nH]c5c4)N3c3ccc(C(C)(C)CN)cc3)ccc2[nH]1)C(C)C. The second kappa shape index (κ2) is 17.1. The number of alkyl carbamates (subject to hydrolysis) is 1. The third-order valence-corrected chi connectivity index (χ3v) is 13.2. The number of ether oxygens (including phenoxy) is 1. The molecule has 2 aromatic heterocycles. The van der Waals surface area contributed by atoms with Crippen LogP contribution in [0.25, 0.3) is 22.1 Å². The Morgan fingerprint density at radius 3 is 2.05 bits per heavy atom. The number of rotatable bonds is 12. The number of hydrogen-bond acceptors (Lipinski definition) is 8. The van der Waals surface area contributed by atoms with Crippen LogP contribution in [0, 0.1) is 18.3 Å². The molecule has 0 spiro atoms. The first-order valence-corrected chi connectivity index (χ1v) is 22.1. The Bertz CT molecular complexity index is 2380. The minimum Gasteiger partial charge on any atom is -0.453 e. The molecule has 3 fully saturated rings. The Morgan fingerprint density at radius 1 is 0.803 bits per heavy atom. The van der Waals surface area contributed by atoms with Crippen LogP contribution in [0.2, 0.25) is 0 Å². The zero-order chi connectivity index (χ0) is 43.2. The number of carbonyl (C=O) groups excluding carboxylic acids is 3. The fourth-order valence-corrected chi connectivity index (χ4v) is 9.74. The van der Waals surface area contributed by atoms with Crippen molar-refractivity contribution < 1.29 is 19.1 Å². The zero-order valence-electron chi connectivity index (χ0n) is 36.7. The Labute approximate surface area is 359 Å². The lowest BCUT2D eigenvalue weighted by molar-refractivity contribution is -0.135. The first kappa shape index (κ1) is 42.3. The maximum absolute atomic E-state index is 13.9. The molecule has 5 aromatic rings. The van der Waals surface area contributed by atoms with Gasteiger partial charge in [0, 0.05) is 30.7 Å². The van der Waals surface area contributed by atoms with Gasteiger partial charge in [-0.05, 0) is 103 Å². The Morgan fingerprint density at radius 2 is 1.41 bits per heavy atom. The van der Waals surface area contributed by atoms with Gasteiger partial charge >= 0.3 is 6.09 Å². The number of nitrogens with zero attached hydrogens (tertiary/aromatic N) is 5. The van der Waals surface area contributed by atoms with Crippen molar-refractivity contribution in [1.82, 2.24) is 35.1 Å². The number of anilines is 1. The average Bonchev–Trinajstić information content (AvgIpc) is 4.10. The molecule has 0 unspecified atom stereocenters. The van der Waals surface area contributed by atoms with E-state index in [1.807, 2.05) is 37.5 Å². The van der Waals surface area contributed by atoms with Gasteiger partial charge in [0.1, 0.15) is 17.7 Å². The van der Waals surface area contributed by atoms with Gasteiger partial charge in [0.2, 0.25) is 11.8 Å². The van der Waals surface area contributed by atoms with Crippen LogP contribution in [-0.4, -0.2) is 80.4 Å². The summed E-state index contributed by atoms with van der Waals surface area (Å²) in [6.07, 6.45) is 6.57. The van der Waals surface area contributed by atoms with E-state index in [0.29, 0.717) is 13.1 Å². The van der Waals surface area contributed by atoms with Crippen molar-refractivity contribution in [2.45, 2.75) is 116 Å². The third kappa shape index (κ3) is 8.33. The van der Waals surface area contributed by atoms with Crippen molar-refractivity contribution in [1.29, 1.82) is 0 Å². The minimum absolute atomic E-state index is 0.0581. The number of benzene rings is 3. The van der Waals surface area contributed by atoms with Gasteiger partial charge in [-0.2, -0.15) is 0 Å². The number of fused-ring (bicyclic) bond motifs is 2. The summed E-state index contributed by atoms with van der Waals surface area (Å²) < 4.78 is 4.83. The summed E-state index contributed by atoms with van der Waals surface area (Å²) >= 11 is 0. The molecule has 3 saturated heterocycles. The monoisotopic (exact) mass is 828 g/mol. The quantitative estimate of drug-likeness (QED) is 0.0975. The topological polar surface area (TPSA) is 166 Å². The number of methoxy groups -OCH3 is 1. The minimum atomic E-state index is -0.696. The van der Waals surface area contributed by atoms with Gasteiger partial charge in [-0.1, -0.05) is 65.8 Å². The van der Waals surface area contributed by atoms with Gasteiger partial charge in [0.25, 0.3) is 0 Å². The molecular weight excluding hydrogens is 767 g/mol. The molecule has 8 rings (SSSR count). The maximum Gasteiger partial charge on any atom is 0.407 e. The number of imidazole rings is 2. The van der Waals surface area contributed by atoms with E-state index in [-0.39, 0.29) is 53.2 Å². The lowest BCUT2D eigenvalue weighted by atomic mass is 9.85. The number of amides is 3. The molecule has 3 amide bonds. The number of aromatic nitrogens is 4. The number of nitrogens with one attached hydrogen (secondary N) is 3. The van der Waals surface area contributed by atoms with E-state index >= 15 is 0 Å². The van der Waals surface area contributed by atoms with E-state index in [1.165, 1.54) is 23.8 Å². The molecule has 3 aliphatic rings. The van der Waals surface area contributed by atoms with Crippen molar-refractivity contribution in [2.24, 2.45) is 17.6 Å². The number of H-pyrrole nitrogens is 2. The van der Waals surface area contributed by atoms with Gasteiger partial charge in [0.05, 0.1) is 59.8 Å². The molecule has 0 aliphatic carbocycles. The van der Waals surface area contributed by atoms with Gasteiger partial charge in [-0.3, -0.25) is 9.59 Å². The summed E-state index contributed by atoms with van der Waals surface area (Å²) in [5.41, 5.74) is 14.4. The van der Waals surface area contributed by atoms with Crippen molar-refractivity contribution in [3.8, 4) is 0 Å². The van der Waals surface area contributed by atoms with Gasteiger partial charge < -0.3 is 40.5 Å². The molecule has 13 nitrogen and oxygen atoms in total. The Hall–Kier alpha value is -5.43. The molecule has 3 aliphatic heterocycles. The predicted molar refractivity (Wildman–Crippen MR) is 239 cm³/mol. The molecule has 13 heteroatoms. The van der Waals surface area contributed by atoms with Crippen LogP contribution in [0.5, 0.6) is 0 Å². The van der Waals surface area contributed by atoms with Gasteiger partial charge in [-0.15, -0.1) is 0 Å². The Balaban J connectivity index is 1.10. The van der Waals surface area contributed by atoms with E-state index in [0.717, 1.165) is 84.5 Å². The van der Waals surface area contributed by atoms with Crippen molar-refractivity contribution in [3.63, 3.8) is 0 Å². The van der Waals surface area contributed by atoms with E-state index in [9.17, 15) is 14.4 Å². The van der Waals surface area contributed by atoms with Crippen LogP contribution in [0.4, 0.5) is 10.5 Å². The number of aromatic amines is 2. The summed E-state index contributed by atoms with van der Waals surface area (Å²) in [6, 6.07) is 21.2. The molecule has 5 heterocycles. The van der Waals surface area contributed by atoms with Crippen molar-refractivity contribution in [3.05, 3.63) is 95.4 Å². The Kier molecular flexibility index (Phi) is 11.9. The van der Waals surface area contributed by atoms with Crippen LogP contribution in [0.3, 0.4) is 0 Å². The summed E-state index contributed by atoms with van der Waals surface area (Å²) in [7, 11) is 1.31. The third-order valence-electron chi connectivity index (χ3n) is 13.2. The molecule has 0 saturated carbocycles. The van der Waals surface area contributed by atoms with Gasteiger partial charge in [-0.25, -0.2) is 14.8 Å². The second-order valence-electron chi connectivity index (χ2n) is 18.6. The maximum atomic E-state index is 13.9. The van der Waals surface area contributed by atoms with Crippen LogP contribution < -0.4 is 16.0 Å². The lowest BCUT2D eigenvalue weighted by Crippen LogP contribution is -2.51.